The molecule has 164 valence electrons. The molecule has 1 fully saturated rings. The molecule has 0 spiro atoms. The highest BCUT2D eigenvalue weighted by molar-refractivity contribution is 6.02. The van der Waals surface area contributed by atoms with Gasteiger partial charge in [-0.2, -0.15) is 0 Å². The molecule has 0 bridgehead atoms. The Labute approximate surface area is 180 Å². The first-order chi connectivity index (χ1) is 14.5. The Kier molecular flexibility index (Phi) is 6.29. The van der Waals surface area contributed by atoms with Crippen molar-refractivity contribution in [1.29, 1.82) is 0 Å². The summed E-state index contributed by atoms with van der Waals surface area (Å²) in [6, 6.07) is 12.4. The van der Waals surface area contributed by atoms with Crippen molar-refractivity contribution < 1.29 is 28.8 Å². The summed E-state index contributed by atoms with van der Waals surface area (Å²) in [6.45, 7) is 5.16. The van der Waals surface area contributed by atoms with Crippen molar-refractivity contribution in [2.45, 2.75) is 51.7 Å². The number of ether oxygens (including phenoxy) is 1. The van der Waals surface area contributed by atoms with Crippen molar-refractivity contribution in [3.8, 4) is 0 Å². The maximum absolute atomic E-state index is 13.0. The number of hydrogen-bond donors (Lipinski definition) is 0. The third kappa shape index (κ3) is 5.39. The predicted octanol–water partition coefficient (Wildman–Crippen LogP) is 3.23. The van der Waals surface area contributed by atoms with Crippen molar-refractivity contribution in [3.05, 3.63) is 48.0 Å². The summed E-state index contributed by atoms with van der Waals surface area (Å²) in [5, 5.41) is 2.51. The first kappa shape index (κ1) is 22.3. The number of hydrogen-bond acceptors (Lipinski definition) is 6. The zero-order valence-corrected chi connectivity index (χ0v) is 18.1. The SMILES string of the molecule is CN(C(=O)OC(C)(C)C)[C@@H](Cc1ccc2ccccc2c1)C(=O)ON1C(=O)CCC1=O. The fourth-order valence-corrected chi connectivity index (χ4v) is 3.24. The van der Waals surface area contributed by atoms with Crippen LogP contribution in [0.4, 0.5) is 4.79 Å². The Morgan fingerprint density at radius 3 is 2.26 bits per heavy atom. The Morgan fingerprint density at radius 2 is 1.65 bits per heavy atom. The molecule has 0 N–H and O–H groups in total. The van der Waals surface area contributed by atoms with E-state index in [1.807, 2.05) is 42.5 Å². The van der Waals surface area contributed by atoms with E-state index in [0.717, 1.165) is 21.2 Å². The van der Waals surface area contributed by atoms with E-state index in [1.165, 1.54) is 7.05 Å². The van der Waals surface area contributed by atoms with Crippen molar-refractivity contribution in [1.82, 2.24) is 9.96 Å². The number of likely N-dealkylation sites (N-methyl/N-ethyl adjacent to an activating group) is 1. The number of benzene rings is 2. The molecule has 2 aromatic rings. The molecule has 0 unspecified atom stereocenters. The lowest BCUT2D eigenvalue weighted by Crippen LogP contribution is -2.48. The molecule has 3 rings (SSSR count). The van der Waals surface area contributed by atoms with Crippen molar-refractivity contribution in [2.75, 3.05) is 7.05 Å². The average Bonchev–Trinajstić information content (AvgIpc) is 3.02. The summed E-state index contributed by atoms with van der Waals surface area (Å²) < 4.78 is 5.38. The first-order valence-electron chi connectivity index (χ1n) is 10.1. The highest BCUT2D eigenvalue weighted by atomic mass is 16.7. The molecule has 0 saturated carbocycles. The molecule has 1 saturated heterocycles. The third-order valence-corrected chi connectivity index (χ3v) is 4.85. The minimum atomic E-state index is -1.10. The third-order valence-electron chi connectivity index (χ3n) is 4.85. The smallest absolute Gasteiger partial charge is 0.410 e. The molecular weight excluding hydrogens is 400 g/mol. The predicted molar refractivity (Wildman–Crippen MR) is 113 cm³/mol. The molecule has 8 nitrogen and oxygen atoms in total. The van der Waals surface area contributed by atoms with E-state index in [2.05, 4.69) is 0 Å². The Bertz CT molecular complexity index is 1010. The number of carbonyl (C=O) groups is 4. The van der Waals surface area contributed by atoms with Crippen LogP contribution in [-0.2, 0) is 30.4 Å². The quantitative estimate of drug-likeness (QED) is 0.682. The topological polar surface area (TPSA) is 93.2 Å². The molecular formula is C23H26N2O6. The maximum atomic E-state index is 13.0. The van der Waals surface area contributed by atoms with Gasteiger partial charge in [0.2, 0.25) is 0 Å². The number of fused-ring (bicyclic) bond motifs is 1. The molecule has 0 radical (unpaired) electrons. The number of amides is 3. The second kappa shape index (κ2) is 8.75. The average molecular weight is 426 g/mol. The van der Waals surface area contributed by atoms with Crippen LogP contribution in [0.2, 0.25) is 0 Å². The lowest BCUT2D eigenvalue weighted by atomic mass is 10.0. The van der Waals surface area contributed by atoms with Gasteiger partial charge in [0, 0.05) is 26.3 Å². The highest BCUT2D eigenvalue weighted by Gasteiger charge is 2.38. The van der Waals surface area contributed by atoms with Crippen LogP contribution < -0.4 is 0 Å². The summed E-state index contributed by atoms with van der Waals surface area (Å²) >= 11 is 0. The van der Waals surface area contributed by atoms with Gasteiger partial charge in [0.1, 0.15) is 11.6 Å². The van der Waals surface area contributed by atoms with Crippen LogP contribution in [0.5, 0.6) is 0 Å². The second-order valence-corrected chi connectivity index (χ2v) is 8.48. The van der Waals surface area contributed by atoms with Gasteiger partial charge in [-0.15, -0.1) is 5.06 Å². The Morgan fingerprint density at radius 1 is 1.03 bits per heavy atom. The number of nitrogens with zero attached hydrogens (tertiary/aromatic N) is 2. The molecule has 3 amide bonds. The fourth-order valence-electron chi connectivity index (χ4n) is 3.24. The highest BCUT2D eigenvalue weighted by Crippen LogP contribution is 2.21. The number of hydroxylamine groups is 2. The molecule has 1 aliphatic heterocycles. The van der Waals surface area contributed by atoms with Crippen LogP contribution in [0.3, 0.4) is 0 Å². The summed E-state index contributed by atoms with van der Waals surface area (Å²) in [4.78, 5) is 55.5. The number of carbonyl (C=O) groups excluding carboxylic acids is 4. The molecule has 0 aliphatic carbocycles. The number of imide groups is 1. The van der Waals surface area contributed by atoms with Gasteiger partial charge < -0.3 is 9.57 Å². The van der Waals surface area contributed by atoms with E-state index in [9.17, 15) is 19.2 Å². The Balaban J connectivity index is 1.86. The lowest BCUT2D eigenvalue weighted by molar-refractivity contribution is -0.200. The van der Waals surface area contributed by atoms with E-state index in [1.54, 1.807) is 20.8 Å². The molecule has 0 aromatic heterocycles. The van der Waals surface area contributed by atoms with Gasteiger partial charge in [0.25, 0.3) is 11.8 Å². The van der Waals surface area contributed by atoms with Gasteiger partial charge in [-0.1, -0.05) is 42.5 Å². The zero-order valence-electron chi connectivity index (χ0n) is 18.1. The molecule has 1 aliphatic rings. The van der Waals surface area contributed by atoms with E-state index in [-0.39, 0.29) is 19.3 Å². The molecule has 31 heavy (non-hydrogen) atoms. The first-order valence-corrected chi connectivity index (χ1v) is 10.1. The standard InChI is InChI=1S/C23H26N2O6/c1-23(2,3)30-22(29)24(4)18(21(28)31-25-19(26)11-12-20(25)27)14-15-9-10-16-7-5-6-8-17(16)13-15/h5-10,13,18H,11-12,14H2,1-4H3/t18-/m0/s1. The fraction of sp³-hybridized carbons (Fsp3) is 0.391. The molecule has 1 atom stereocenters. The van der Waals surface area contributed by atoms with Crippen molar-refractivity contribution >= 4 is 34.6 Å². The summed E-state index contributed by atoms with van der Waals surface area (Å²) in [5.74, 6) is -2.05. The van der Waals surface area contributed by atoms with Crippen LogP contribution in [-0.4, -0.2) is 52.5 Å². The van der Waals surface area contributed by atoms with Gasteiger partial charge in [-0.3, -0.25) is 14.5 Å². The zero-order chi connectivity index (χ0) is 22.8. The largest absolute Gasteiger partial charge is 0.444 e. The molecule has 1 heterocycles. The van der Waals surface area contributed by atoms with Crippen LogP contribution in [0.25, 0.3) is 10.8 Å². The van der Waals surface area contributed by atoms with E-state index >= 15 is 0 Å². The minimum Gasteiger partial charge on any atom is -0.444 e. The maximum Gasteiger partial charge on any atom is 0.410 e. The summed E-state index contributed by atoms with van der Waals surface area (Å²) in [7, 11) is 1.43. The van der Waals surface area contributed by atoms with E-state index in [4.69, 9.17) is 9.57 Å². The van der Waals surface area contributed by atoms with Crippen molar-refractivity contribution in [2.24, 2.45) is 0 Å². The summed E-state index contributed by atoms with van der Waals surface area (Å²) in [5.41, 5.74) is 0.0269. The van der Waals surface area contributed by atoms with Gasteiger partial charge in [0.05, 0.1) is 0 Å². The lowest BCUT2D eigenvalue weighted by Gasteiger charge is -2.30. The van der Waals surface area contributed by atoms with Crippen molar-refractivity contribution in [3.63, 3.8) is 0 Å². The van der Waals surface area contributed by atoms with Gasteiger partial charge in [-0.05, 0) is 37.1 Å². The van der Waals surface area contributed by atoms with Gasteiger partial charge >= 0.3 is 12.1 Å². The van der Waals surface area contributed by atoms with Crippen LogP contribution >= 0.6 is 0 Å². The monoisotopic (exact) mass is 426 g/mol. The Hall–Kier alpha value is -3.42. The van der Waals surface area contributed by atoms with Crippen LogP contribution in [0.15, 0.2) is 42.5 Å². The molecule has 2 aromatic carbocycles. The normalized spacial score (nSPS) is 15.2. The second-order valence-electron chi connectivity index (χ2n) is 8.48. The number of rotatable bonds is 5. The van der Waals surface area contributed by atoms with Crippen LogP contribution in [0.1, 0.15) is 39.2 Å². The van der Waals surface area contributed by atoms with E-state index < -0.39 is 35.5 Å². The van der Waals surface area contributed by atoms with Gasteiger partial charge in [0.15, 0.2) is 0 Å². The minimum absolute atomic E-state index is 0.0106. The van der Waals surface area contributed by atoms with Gasteiger partial charge in [-0.25, -0.2) is 9.59 Å². The summed E-state index contributed by atoms with van der Waals surface area (Å²) in [6.07, 6.45) is -0.614. The van der Waals surface area contributed by atoms with Crippen LogP contribution in [0, 0.1) is 0 Å². The van der Waals surface area contributed by atoms with E-state index in [0.29, 0.717) is 5.06 Å². The molecule has 8 heteroatoms.